The fourth-order valence-corrected chi connectivity index (χ4v) is 3.47. The van der Waals surface area contributed by atoms with Crippen molar-refractivity contribution >= 4 is 15.7 Å². The summed E-state index contributed by atoms with van der Waals surface area (Å²) in [7, 11) is -3.55. The van der Waals surface area contributed by atoms with Gasteiger partial charge in [0.25, 0.3) is 10.0 Å². The van der Waals surface area contributed by atoms with E-state index in [1.165, 1.54) is 6.42 Å². The lowest BCUT2D eigenvalue weighted by Gasteiger charge is -2.20. The van der Waals surface area contributed by atoms with Crippen LogP contribution in [0.3, 0.4) is 0 Å². The summed E-state index contributed by atoms with van der Waals surface area (Å²) in [5, 5.41) is 4.15. The number of hydrazone groups is 1. The van der Waals surface area contributed by atoms with E-state index in [0.717, 1.165) is 43.4 Å². The lowest BCUT2D eigenvalue weighted by Crippen LogP contribution is -2.24. The lowest BCUT2D eigenvalue weighted by molar-refractivity contribution is 0.552. The maximum atomic E-state index is 12.2. The number of rotatable bonds is 5. The van der Waals surface area contributed by atoms with E-state index in [1.807, 2.05) is 12.1 Å². The van der Waals surface area contributed by atoms with Crippen LogP contribution >= 0.6 is 0 Å². The second-order valence-electron chi connectivity index (χ2n) is 5.74. The molecular weight excluding hydrogens is 284 g/mol. The van der Waals surface area contributed by atoms with Gasteiger partial charge in [0, 0.05) is 5.71 Å². The Bertz CT molecular complexity index is 591. The van der Waals surface area contributed by atoms with Gasteiger partial charge in [0.15, 0.2) is 0 Å². The Morgan fingerprint density at radius 3 is 2.57 bits per heavy atom. The van der Waals surface area contributed by atoms with Crippen LogP contribution in [-0.2, 0) is 16.4 Å². The van der Waals surface area contributed by atoms with E-state index in [9.17, 15) is 8.42 Å². The van der Waals surface area contributed by atoms with Crippen molar-refractivity contribution in [1.29, 1.82) is 0 Å². The van der Waals surface area contributed by atoms with Gasteiger partial charge in [-0.3, -0.25) is 0 Å². The molecule has 0 aliphatic heterocycles. The van der Waals surface area contributed by atoms with E-state index in [0.29, 0.717) is 5.92 Å². The molecule has 0 unspecified atom stereocenters. The summed E-state index contributed by atoms with van der Waals surface area (Å²) < 4.78 is 24.5. The fourth-order valence-electron chi connectivity index (χ4n) is 2.63. The molecule has 0 bridgehead atoms. The molecule has 0 aromatic heterocycles. The number of nitrogens with one attached hydrogen (secondary N) is 1. The van der Waals surface area contributed by atoms with Crippen LogP contribution in [-0.4, -0.2) is 14.1 Å². The minimum absolute atomic E-state index is 0.273. The molecule has 1 aromatic carbocycles. The highest BCUT2D eigenvalue weighted by Gasteiger charge is 2.18. The molecule has 2 rings (SSSR count). The van der Waals surface area contributed by atoms with Crippen molar-refractivity contribution in [3.63, 3.8) is 0 Å². The second kappa shape index (κ2) is 7.07. The summed E-state index contributed by atoms with van der Waals surface area (Å²) in [5.74, 6) is 0.369. The number of hydrogen-bond acceptors (Lipinski definition) is 3. The molecule has 5 heteroatoms. The highest BCUT2D eigenvalue weighted by atomic mass is 32.2. The van der Waals surface area contributed by atoms with Crippen molar-refractivity contribution in [3.05, 3.63) is 29.8 Å². The highest BCUT2D eigenvalue weighted by Crippen LogP contribution is 2.21. The summed E-state index contributed by atoms with van der Waals surface area (Å²) >= 11 is 0. The van der Waals surface area contributed by atoms with E-state index < -0.39 is 10.0 Å². The van der Waals surface area contributed by atoms with Gasteiger partial charge in [-0.05, 0) is 49.3 Å². The quantitative estimate of drug-likeness (QED) is 0.847. The Balaban J connectivity index is 2.09. The Hall–Kier alpha value is -1.36. The van der Waals surface area contributed by atoms with Crippen LogP contribution in [0.5, 0.6) is 0 Å². The SMILES string of the molecule is CCCc1ccc(S(=O)(=O)N/N=C2/CCCC[C@H]2C)cc1. The van der Waals surface area contributed by atoms with Gasteiger partial charge >= 0.3 is 0 Å². The van der Waals surface area contributed by atoms with Crippen molar-refractivity contribution in [1.82, 2.24) is 4.83 Å². The third-order valence-corrected chi connectivity index (χ3v) is 5.20. The van der Waals surface area contributed by atoms with Gasteiger partial charge in [-0.1, -0.05) is 38.8 Å². The average Bonchev–Trinajstić information content (AvgIpc) is 2.47. The normalized spacial score (nSPS) is 21.4. The molecule has 1 N–H and O–H groups in total. The van der Waals surface area contributed by atoms with E-state index >= 15 is 0 Å². The average molecular weight is 308 g/mol. The Morgan fingerprint density at radius 2 is 1.95 bits per heavy atom. The lowest BCUT2D eigenvalue weighted by atomic mass is 9.89. The summed E-state index contributed by atoms with van der Waals surface area (Å²) in [6, 6.07) is 7.04. The van der Waals surface area contributed by atoms with Gasteiger partial charge in [0.2, 0.25) is 0 Å². The molecule has 1 aliphatic rings. The van der Waals surface area contributed by atoms with Crippen molar-refractivity contribution in [2.24, 2.45) is 11.0 Å². The van der Waals surface area contributed by atoms with Crippen LogP contribution < -0.4 is 4.83 Å². The Morgan fingerprint density at radius 1 is 1.24 bits per heavy atom. The molecular formula is C16H24N2O2S. The third kappa shape index (κ3) is 4.30. The van der Waals surface area contributed by atoms with Gasteiger partial charge < -0.3 is 0 Å². The monoisotopic (exact) mass is 308 g/mol. The zero-order valence-electron chi connectivity index (χ0n) is 12.8. The number of sulfonamides is 1. The topological polar surface area (TPSA) is 58.5 Å². The Labute approximate surface area is 127 Å². The van der Waals surface area contributed by atoms with Gasteiger partial charge in [-0.15, -0.1) is 0 Å². The Kier molecular flexibility index (Phi) is 5.39. The zero-order chi connectivity index (χ0) is 15.3. The predicted octanol–water partition coefficient (Wildman–Crippen LogP) is 3.48. The van der Waals surface area contributed by atoms with Gasteiger partial charge in [0.05, 0.1) is 4.90 Å². The first-order chi connectivity index (χ1) is 10.0. The highest BCUT2D eigenvalue weighted by molar-refractivity contribution is 7.89. The van der Waals surface area contributed by atoms with Crippen molar-refractivity contribution < 1.29 is 8.42 Å². The zero-order valence-corrected chi connectivity index (χ0v) is 13.6. The summed E-state index contributed by atoms with van der Waals surface area (Å²) in [4.78, 5) is 2.66. The van der Waals surface area contributed by atoms with Gasteiger partial charge in [0.1, 0.15) is 0 Å². The maximum absolute atomic E-state index is 12.2. The van der Waals surface area contributed by atoms with Crippen molar-refractivity contribution in [3.8, 4) is 0 Å². The largest absolute Gasteiger partial charge is 0.276 e. The summed E-state index contributed by atoms with van der Waals surface area (Å²) in [6.07, 6.45) is 6.29. The molecule has 1 aliphatic carbocycles. The van der Waals surface area contributed by atoms with E-state index in [-0.39, 0.29) is 4.90 Å². The summed E-state index contributed by atoms with van der Waals surface area (Å²) in [5.41, 5.74) is 2.12. The molecule has 21 heavy (non-hydrogen) atoms. The molecule has 0 radical (unpaired) electrons. The third-order valence-electron chi connectivity index (χ3n) is 3.97. The van der Waals surface area contributed by atoms with Crippen molar-refractivity contribution in [2.45, 2.75) is 57.3 Å². The number of hydrogen-bond donors (Lipinski definition) is 1. The molecule has 0 heterocycles. The van der Waals surface area contributed by atoms with Crippen LogP contribution in [0.15, 0.2) is 34.3 Å². The minimum atomic E-state index is -3.55. The molecule has 1 aromatic rings. The van der Waals surface area contributed by atoms with Crippen LogP contribution in [0, 0.1) is 5.92 Å². The molecule has 116 valence electrons. The predicted molar refractivity (Wildman–Crippen MR) is 85.8 cm³/mol. The molecule has 0 saturated heterocycles. The van der Waals surface area contributed by atoms with Gasteiger partial charge in [-0.2, -0.15) is 13.5 Å². The van der Waals surface area contributed by atoms with E-state index in [1.54, 1.807) is 12.1 Å². The first-order valence-electron chi connectivity index (χ1n) is 7.70. The molecule has 0 spiro atoms. The smallest absolute Gasteiger partial charge is 0.200 e. The molecule has 1 atom stereocenters. The van der Waals surface area contributed by atoms with E-state index in [2.05, 4.69) is 23.8 Å². The van der Waals surface area contributed by atoms with Gasteiger partial charge in [-0.25, -0.2) is 4.83 Å². The molecule has 1 fully saturated rings. The molecule has 0 amide bonds. The number of aryl methyl sites for hydroxylation is 1. The number of nitrogens with zero attached hydrogens (tertiary/aromatic N) is 1. The van der Waals surface area contributed by atoms with E-state index in [4.69, 9.17) is 0 Å². The van der Waals surface area contributed by atoms with Crippen LogP contribution in [0.4, 0.5) is 0 Å². The number of benzene rings is 1. The van der Waals surface area contributed by atoms with Crippen LogP contribution in [0.2, 0.25) is 0 Å². The molecule has 1 saturated carbocycles. The first-order valence-corrected chi connectivity index (χ1v) is 9.18. The minimum Gasteiger partial charge on any atom is -0.200 e. The fraction of sp³-hybridized carbons (Fsp3) is 0.562. The molecule has 4 nitrogen and oxygen atoms in total. The maximum Gasteiger partial charge on any atom is 0.276 e. The summed E-state index contributed by atoms with van der Waals surface area (Å²) in [6.45, 7) is 4.21. The van der Waals surface area contributed by atoms with Crippen molar-refractivity contribution in [2.75, 3.05) is 0 Å². The standard InChI is InChI=1S/C16H24N2O2S/c1-3-6-14-9-11-15(12-10-14)21(19,20)18-17-16-8-5-4-7-13(16)2/h9-13,18H,3-8H2,1-2H3/b17-16-/t13-/m1/s1. The first kappa shape index (κ1) is 16.0. The van der Waals surface area contributed by atoms with Crippen LogP contribution in [0.25, 0.3) is 0 Å². The van der Waals surface area contributed by atoms with Crippen LogP contribution in [0.1, 0.15) is 51.5 Å². The second-order valence-corrected chi connectivity index (χ2v) is 7.40.